The number of anilines is 2. The summed E-state index contributed by atoms with van der Waals surface area (Å²) < 4.78 is 109. The molecule has 0 bridgehead atoms. The fraction of sp³-hybridized carbons (Fsp3) is 0.576. The monoisotopic (exact) mass is 1130 g/mol. The van der Waals surface area contributed by atoms with Gasteiger partial charge < -0.3 is 74.6 Å². The molecule has 37 nitrogen and oxygen atoms in total. The zero-order valence-corrected chi connectivity index (χ0v) is 41.8. The molecule has 3 fully saturated rings. The number of nitrogens with zero attached hydrogens (tertiary/aromatic N) is 8. The van der Waals surface area contributed by atoms with Crippen molar-refractivity contribution in [3.8, 4) is 0 Å². The first-order valence-corrected chi connectivity index (χ1v) is 27.2. The number of aromatic nitrogens is 10. The van der Waals surface area contributed by atoms with Gasteiger partial charge in [-0.2, -0.15) is 8.62 Å². The molecule has 74 heavy (non-hydrogen) atoms. The Morgan fingerprint density at radius 1 is 0.824 bits per heavy atom. The Bertz CT molecular complexity index is 3270. The number of aliphatic hydroxyl groups is 3. The average molecular weight is 1130 g/mol. The number of H-pyrrole nitrogens is 2. The predicted molar refractivity (Wildman–Crippen MR) is 237 cm³/mol. The van der Waals surface area contributed by atoms with Crippen LogP contribution >= 0.6 is 31.2 Å². The minimum absolute atomic E-state index is 0.0209. The van der Waals surface area contributed by atoms with Gasteiger partial charge in [-0.15, -0.1) is 0 Å². The summed E-state index contributed by atoms with van der Waals surface area (Å²) >= 11 is 0. The lowest BCUT2D eigenvalue weighted by Gasteiger charge is -2.32. The Morgan fingerprint density at radius 2 is 1.49 bits per heavy atom. The topological polar surface area (TPSA) is 522 Å². The van der Waals surface area contributed by atoms with E-state index in [9.17, 15) is 67.5 Å². The van der Waals surface area contributed by atoms with Gasteiger partial charge >= 0.3 is 34.8 Å². The van der Waals surface area contributed by atoms with Crippen LogP contribution < -0.4 is 42.8 Å². The van der Waals surface area contributed by atoms with E-state index in [-0.39, 0.29) is 40.7 Å². The van der Waals surface area contributed by atoms with Crippen molar-refractivity contribution in [2.75, 3.05) is 52.1 Å². The SMILES string of the molecule is COC[C@H]1[C@@H](O)[C@H]([n+]2cn(C)c3c(=O)[nH]c(N)nc32)O[C@@H]1COP(=O)(O)OP(=O)(O)OP(=O)(O)OCC1O[C@@H](n2cnc3c(N)ncnc32)[C@H](OC)C1NP(=O)([O-])OC[C@H]1O[C@@H](n2ccc(=O)[nH]c2=O)[C@H](O)[C@@H]1O. The van der Waals surface area contributed by atoms with Crippen molar-refractivity contribution in [3.05, 3.63) is 62.4 Å². The van der Waals surface area contributed by atoms with E-state index in [1.807, 2.05) is 4.98 Å². The summed E-state index contributed by atoms with van der Waals surface area (Å²) in [6.07, 6.45) is -11.2. The zero-order chi connectivity index (χ0) is 53.8. The van der Waals surface area contributed by atoms with Crippen LogP contribution in [0.5, 0.6) is 0 Å². The molecule has 13 N–H and O–H groups in total. The molecule has 0 spiro atoms. The normalized spacial score (nSPS) is 30.6. The predicted octanol–water partition coefficient (Wildman–Crippen LogP) is -5.03. The molecule has 0 saturated carbocycles. The first-order valence-electron chi connectivity index (χ1n) is 21.2. The van der Waals surface area contributed by atoms with Crippen molar-refractivity contribution in [1.29, 1.82) is 0 Å². The van der Waals surface area contributed by atoms with Crippen molar-refractivity contribution >= 4 is 65.3 Å². The van der Waals surface area contributed by atoms with E-state index in [0.29, 0.717) is 0 Å². The third-order valence-corrected chi connectivity index (χ3v) is 17.0. The van der Waals surface area contributed by atoms with Gasteiger partial charge in [0.05, 0.1) is 51.9 Å². The first-order chi connectivity index (χ1) is 34.7. The van der Waals surface area contributed by atoms with Gasteiger partial charge in [-0.3, -0.25) is 46.9 Å². The van der Waals surface area contributed by atoms with Gasteiger partial charge in [-0.25, -0.2) is 43.1 Å². The number of aryl methyl sites for hydroxylation is 1. The Kier molecular flexibility index (Phi) is 16.1. The lowest BCUT2D eigenvalue weighted by atomic mass is 9.99. The van der Waals surface area contributed by atoms with Crippen LogP contribution in [0.4, 0.5) is 11.8 Å². The molecule has 8 heterocycles. The molecule has 0 aliphatic carbocycles. The standard InChI is InChI=1S/C33H47N13O24P4/c1-43-12-46(27-20(43)28(51)41-32(35)40-27)29-21(48)13(6-61-2)14(66-29)7-64-72(55,56)69-74(59,60)70-73(57,58)65-8-15-18(24(62-3)31(67-15)45-11-38-19-25(34)36-10-37-26(19)45)42-71(53,54)63-9-16-22(49)23(50)30(68-16)44-5-4-17(47)39-33(44)52/h4-5,10-16,18,21-24,29-31,48-50H,6-9H2,1-3H3,(H10-,34,35,36,37,39,40,41,42,47,51,52,53,54,55,56,57,58,59,60)/t13-,14-,15?,16-,18?,21-,22-,23-,24-,29-,30-,31-/m1/s1. The van der Waals surface area contributed by atoms with Crippen molar-refractivity contribution in [2.24, 2.45) is 13.0 Å². The molecule has 6 unspecified atom stereocenters. The van der Waals surface area contributed by atoms with Crippen LogP contribution in [0.1, 0.15) is 18.7 Å². The van der Waals surface area contributed by atoms with Crippen molar-refractivity contribution in [2.45, 2.75) is 67.5 Å². The van der Waals surface area contributed by atoms with E-state index in [2.05, 4.69) is 38.6 Å². The summed E-state index contributed by atoms with van der Waals surface area (Å²) in [7, 11) is -19.5. The summed E-state index contributed by atoms with van der Waals surface area (Å²) in [6.45, 7) is -3.44. The highest BCUT2D eigenvalue weighted by atomic mass is 31.3. The minimum Gasteiger partial charge on any atom is -0.766 e. The zero-order valence-electron chi connectivity index (χ0n) is 38.2. The molecule has 5 aromatic rings. The van der Waals surface area contributed by atoms with Crippen LogP contribution in [0.2, 0.25) is 0 Å². The molecule has 3 saturated heterocycles. The lowest BCUT2D eigenvalue weighted by molar-refractivity contribution is -0.745. The maximum Gasteiger partial charge on any atom is 0.490 e. The highest BCUT2D eigenvalue weighted by Crippen LogP contribution is 2.68. The third kappa shape index (κ3) is 11.7. The number of aliphatic hydroxyl groups excluding tert-OH is 3. The molecule has 41 heteroatoms. The van der Waals surface area contributed by atoms with Crippen LogP contribution in [0, 0.1) is 5.92 Å². The number of aromatic amines is 2. The Labute approximate surface area is 411 Å². The van der Waals surface area contributed by atoms with Crippen LogP contribution in [0.15, 0.2) is 45.6 Å². The highest BCUT2D eigenvalue weighted by molar-refractivity contribution is 7.66. The number of phosphoric acid groups is 3. The molecule has 8 rings (SSSR count). The van der Waals surface area contributed by atoms with Crippen molar-refractivity contribution < 1.29 is 104 Å². The van der Waals surface area contributed by atoms with Gasteiger partial charge in [-0.1, -0.05) is 4.98 Å². The number of hydrogen-bond donors (Lipinski definition) is 11. The number of imidazole rings is 2. The van der Waals surface area contributed by atoms with Crippen molar-refractivity contribution in [1.82, 2.24) is 48.7 Å². The quantitative estimate of drug-likeness (QED) is 0.0242. The fourth-order valence-electron chi connectivity index (χ4n) is 8.39. The largest absolute Gasteiger partial charge is 0.766 e. The van der Waals surface area contributed by atoms with E-state index in [1.165, 1.54) is 34.2 Å². The number of nitrogen functional groups attached to an aromatic ring is 2. The molecular formula is C33H47N13O24P4. The minimum atomic E-state index is -6.17. The van der Waals surface area contributed by atoms with Gasteiger partial charge in [0.25, 0.3) is 17.1 Å². The smallest absolute Gasteiger partial charge is 0.490 e. The van der Waals surface area contributed by atoms with Crippen LogP contribution in [-0.2, 0) is 71.2 Å². The Morgan fingerprint density at radius 3 is 2.15 bits per heavy atom. The molecule has 0 aromatic carbocycles. The molecule has 5 aromatic heterocycles. The second-order valence-corrected chi connectivity index (χ2v) is 22.6. The highest BCUT2D eigenvalue weighted by Gasteiger charge is 2.52. The van der Waals surface area contributed by atoms with Gasteiger partial charge in [-0.05, 0) is 0 Å². The number of phosphoric ester groups is 2. The van der Waals surface area contributed by atoms with Crippen LogP contribution in [0.25, 0.3) is 22.3 Å². The number of rotatable bonds is 21. The molecule has 0 radical (unpaired) electrons. The second-order valence-electron chi connectivity index (χ2n) is 16.5. The van der Waals surface area contributed by atoms with E-state index in [1.54, 1.807) is 0 Å². The first kappa shape index (κ1) is 55.6. The van der Waals surface area contributed by atoms with Gasteiger partial charge in [0, 0.05) is 32.4 Å². The molecule has 408 valence electrons. The molecule has 3 aliphatic heterocycles. The average Bonchev–Trinajstić information content (AvgIpc) is 4.10. The summed E-state index contributed by atoms with van der Waals surface area (Å²) in [4.78, 5) is 102. The molecule has 0 amide bonds. The van der Waals surface area contributed by atoms with Crippen LogP contribution in [0.3, 0.4) is 0 Å². The lowest BCUT2D eigenvalue weighted by Crippen LogP contribution is -2.47. The number of hydrogen-bond acceptors (Lipinski definition) is 27. The summed E-state index contributed by atoms with van der Waals surface area (Å²) in [5, 5.41) is 34.6. The van der Waals surface area contributed by atoms with E-state index in [0.717, 1.165) is 36.6 Å². The number of nitrogens with two attached hydrogens (primary N) is 2. The molecule has 16 atom stereocenters. The van der Waals surface area contributed by atoms with Crippen LogP contribution in [-0.4, -0.2) is 163 Å². The number of methoxy groups -OCH3 is 2. The van der Waals surface area contributed by atoms with Gasteiger partial charge in [0.1, 0.15) is 48.5 Å². The maximum absolute atomic E-state index is 13.6. The third-order valence-electron chi connectivity index (χ3n) is 11.6. The fourth-order valence-corrected chi connectivity index (χ4v) is 13.0. The summed E-state index contributed by atoms with van der Waals surface area (Å²) in [6, 6.07) is -0.788. The van der Waals surface area contributed by atoms with Gasteiger partial charge in [0.2, 0.25) is 19.5 Å². The number of ether oxygens (including phenoxy) is 5. The van der Waals surface area contributed by atoms with E-state index in [4.69, 9.17) is 48.7 Å². The maximum atomic E-state index is 13.6. The number of nitrogens with one attached hydrogen (secondary N) is 3. The van der Waals surface area contributed by atoms with Gasteiger partial charge in [0.15, 0.2) is 30.2 Å². The van der Waals surface area contributed by atoms with Crippen molar-refractivity contribution in [3.63, 3.8) is 0 Å². The summed E-state index contributed by atoms with van der Waals surface area (Å²) in [5.74, 6) is -1.39. The van der Waals surface area contributed by atoms with E-state index < -0.39 is 141 Å². The molecular weight excluding hydrogens is 1090 g/mol. The Hall–Kier alpha value is -4.62. The molecule has 3 aliphatic rings. The summed E-state index contributed by atoms with van der Waals surface area (Å²) in [5.41, 5.74) is 9.31. The Balaban J connectivity index is 0.939. The van der Waals surface area contributed by atoms with E-state index >= 15 is 0 Å². The second kappa shape index (κ2) is 21.4. The number of fused-ring (bicyclic) bond motifs is 2.